The molecule has 2 unspecified atom stereocenters. The van der Waals surface area contributed by atoms with Gasteiger partial charge in [0.25, 0.3) is 0 Å². The topological polar surface area (TPSA) is 37.3 Å². The lowest BCUT2D eigenvalue weighted by Crippen LogP contribution is -2.41. The van der Waals surface area contributed by atoms with Crippen LogP contribution < -0.4 is 0 Å². The monoisotopic (exact) mass is 154 g/mol. The van der Waals surface area contributed by atoms with Crippen LogP contribution in [0.4, 0.5) is 0 Å². The highest BCUT2D eigenvalue weighted by molar-refractivity contribution is 5.95. The van der Waals surface area contributed by atoms with Crippen molar-refractivity contribution in [2.24, 2.45) is 11.3 Å². The van der Waals surface area contributed by atoms with Crippen LogP contribution in [0.3, 0.4) is 0 Å². The van der Waals surface area contributed by atoms with Gasteiger partial charge < -0.3 is 5.11 Å². The van der Waals surface area contributed by atoms with Crippen molar-refractivity contribution in [1.29, 1.82) is 0 Å². The largest absolute Gasteiger partial charge is 0.382 e. The van der Waals surface area contributed by atoms with Crippen molar-refractivity contribution in [1.82, 2.24) is 0 Å². The summed E-state index contributed by atoms with van der Waals surface area (Å²) in [6, 6.07) is 0. The van der Waals surface area contributed by atoms with Crippen molar-refractivity contribution in [3.8, 4) is 0 Å². The van der Waals surface area contributed by atoms with E-state index in [0.29, 0.717) is 18.8 Å². The van der Waals surface area contributed by atoms with Crippen LogP contribution in [-0.4, -0.2) is 16.5 Å². The van der Waals surface area contributed by atoms with Crippen LogP contribution in [0.2, 0.25) is 0 Å². The molecule has 1 N–H and O–H groups in total. The standard InChI is InChI=1S/C9H14O2/c1-8(2)6-3-4-9(11,5-6)7(8)10/h6,11H,3-5H2,1-2H3. The van der Waals surface area contributed by atoms with Crippen molar-refractivity contribution in [3.63, 3.8) is 0 Å². The predicted molar refractivity (Wildman–Crippen MR) is 41.1 cm³/mol. The molecule has 0 saturated heterocycles. The Morgan fingerprint density at radius 3 is 2.45 bits per heavy atom. The Hall–Kier alpha value is -0.370. The first kappa shape index (κ1) is 7.29. The number of ketones is 1. The Morgan fingerprint density at radius 2 is 2.18 bits per heavy atom. The molecule has 0 spiro atoms. The van der Waals surface area contributed by atoms with Gasteiger partial charge >= 0.3 is 0 Å². The number of fused-ring (bicyclic) bond motifs is 2. The molecule has 62 valence electrons. The van der Waals surface area contributed by atoms with Crippen molar-refractivity contribution in [2.45, 2.75) is 38.7 Å². The summed E-state index contributed by atoms with van der Waals surface area (Å²) >= 11 is 0. The summed E-state index contributed by atoms with van der Waals surface area (Å²) in [5, 5.41) is 9.80. The lowest BCUT2D eigenvalue weighted by molar-refractivity contribution is -0.142. The first-order valence-electron chi connectivity index (χ1n) is 4.24. The molecule has 2 aliphatic carbocycles. The Labute approximate surface area is 66.6 Å². The number of aliphatic hydroxyl groups is 1. The first-order valence-corrected chi connectivity index (χ1v) is 4.24. The molecule has 2 nitrogen and oxygen atoms in total. The van der Waals surface area contributed by atoms with Gasteiger partial charge in [0.1, 0.15) is 5.60 Å². The fraction of sp³-hybridized carbons (Fsp3) is 0.889. The van der Waals surface area contributed by atoms with Crippen LogP contribution in [0.15, 0.2) is 0 Å². The van der Waals surface area contributed by atoms with E-state index >= 15 is 0 Å². The Bertz CT molecular complexity index is 213. The zero-order valence-electron chi connectivity index (χ0n) is 7.05. The SMILES string of the molecule is CC1(C)C(=O)C2(O)CCC1C2. The summed E-state index contributed by atoms with van der Waals surface area (Å²) in [7, 11) is 0. The molecule has 2 bridgehead atoms. The van der Waals surface area contributed by atoms with Crippen molar-refractivity contribution < 1.29 is 9.90 Å². The highest BCUT2D eigenvalue weighted by Gasteiger charge is 2.60. The Kier molecular flexibility index (Phi) is 1.12. The summed E-state index contributed by atoms with van der Waals surface area (Å²) in [6.07, 6.45) is 2.42. The molecule has 0 amide bonds. The molecule has 2 aliphatic rings. The van der Waals surface area contributed by atoms with E-state index in [2.05, 4.69) is 0 Å². The van der Waals surface area contributed by atoms with Gasteiger partial charge in [0.2, 0.25) is 0 Å². The van der Waals surface area contributed by atoms with Crippen molar-refractivity contribution in [2.75, 3.05) is 0 Å². The second-order valence-corrected chi connectivity index (χ2v) is 4.52. The molecule has 2 rings (SSSR count). The van der Waals surface area contributed by atoms with Gasteiger partial charge in [-0.05, 0) is 25.2 Å². The second-order valence-electron chi connectivity index (χ2n) is 4.52. The van der Waals surface area contributed by atoms with Gasteiger partial charge in [-0.1, -0.05) is 13.8 Å². The first-order chi connectivity index (χ1) is 4.97. The van der Waals surface area contributed by atoms with Gasteiger partial charge in [0.05, 0.1) is 0 Å². The van der Waals surface area contributed by atoms with E-state index in [1.807, 2.05) is 13.8 Å². The normalized spacial score (nSPS) is 46.8. The summed E-state index contributed by atoms with van der Waals surface area (Å²) < 4.78 is 0. The third-order valence-corrected chi connectivity index (χ3v) is 3.52. The lowest BCUT2D eigenvalue weighted by Gasteiger charge is -2.30. The average molecular weight is 154 g/mol. The van der Waals surface area contributed by atoms with E-state index in [9.17, 15) is 9.90 Å². The molecule has 0 aromatic heterocycles. The molecule has 2 atom stereocenters. The molecule has 2 fully saturated rings. The minimum Gasteiger partial charge on any atom is -0.382 e. The number of hydrogen-bond acceptors (Lipinski definition) is 2. The molecule has 0 radical (unpaired) electrons. The molecule has 2 saturated carbocycles. The molecule has 0 aromatic carbocycles. The molecule has 0 heterocycles. The van der Waals surface area contributed by atoms with E-state index in [0.717, 1.165) is 6.42 Å². The highest BCUT2D eigenvalue weighted by Crippen LogP contribution is 2.54. The van der Waals surface area contributed by atoms with E-state index in [1.165, 1.54) is 0 Å². The van der Waals surface area contributed by atoms with Gasteiger partial charge in [-0.15, -0.1) is 0 Å². The zero-order chi connectivity index (χ0) is 8.28. The van der Waals surface area contributed by atoms with Crippen LogP contribution in [0, 0.1) is 11.3 Å². The number of Topliss-reactive ketones (excluding diaryl/α,β-unsaturated/α-hetero) is 1. The van der Waals surface area contributed by atoms with Crippen molar-refractivity contribution in [3.05, 3.63) is 0 Å². The molecule has 0 aromatic rings. The maximum Gasteiger partial charge on any atom is 0.170 e. The molecule has 11 heavy (non-hydrogen) atoms. The van der Waals surface area contributed by atoms with Crippen LogP contribution in [0.5, 0.6) is 0 Å². The van der Waals surface area contributed by atoms with Crippen LogP contribution >= 0.6 is 0 Å². The maximum absolute atomic E-state index is 11.6. The zero-order valence-corrected chi connectivity index (χ0v) is 7.05. The summed E-state index contributed by atoms with van der Waals surface area (Å²) in [5.74, 6) is 0.501. The van der Waals surface area contributed by atoms with Gasteiger partial charge in [-0.25, -0.2) is 0 Å². The van der Waals surface area contributed by atoms with Gasteiger partial charge in [0.15, 0.2) is 5.78 Å². The summed E-state index contributed by atoms with van der Waals surface area (Å²) in [6.45, 7) is 3.91. The Morgan fingerprint density at radius 1 is 1.55 bits per heavy atom. The quantitative estimate of drug-likeness (QED) is 0.568. The maximum atomic E-state index is 11.6. The third-order valence-electron chi connectivity index (χ3n) is 3.52. The summed E-state index contributed by atoms with van der Waals surface area (Å²) in [4.78, 5) is 11.6. The molecular formula is C9H14O2. The number of rotatable bonds is 0. The Balaban J connectivity index is 2.42. The highest BCUT2D eigenvalue weighted by atomic mass is 16.3. The van der Waals surface area contributed by atoms with Gasteiger partial charge in [-0.2, -0.15) is 0 Å². The van der Waals surface area contributed by atoms with Crippen LogP contribution in [0.1, 0.15) is 33.1 Å². The fourth-order valence-corrected chi connectivity index (χ4v) is 2.63. The average Bonchev–Trinajstić information content (AvgIpc) is 2.36. The number of carbonyl (C=O) groups excluding carboxylic acids is 1. The lowest BCUT2D eigenvalue weighted by atomic mass is 9.75. The summed E-state index contributed by atoms with van der Waals surface area (Å²) in [5.41, 5.74) is -1.19. The third kappa shape index (κ3) is 0.684. The molecule has 2 heteroatoms. The smallest absolute Gasteiger partial charge is 0.170 e. The fourth-order valence-electron chi connectivity index (χ4n) is 2.63. The number of carbonyl (C=O) groups is 1. The van der Waals surface area contributed by atoms with E-state index in [1.54, 1.807) is 0 Å². The van der Waals surface area contributed by atoms with Gasteiger partial charge in [0, 0.05) is 5.41 Å². The number of hydrogen-bond donors (Lipinski definition) is 1. The van der Waals surface area contributed by atoms with E-state index in [-0.39, 0.29) is 11.2 Å². The minimum atomic E-state index is -0.936. The second kappa shape index (κ2) is 1.69. The van der Waals surface area contributed by atoms with Crippen molar-refractivity contribution >= 4 is 5.78 Å². The molecule has 0 aliphatic heterocycles. The van der Waals surface area contributed by atoms with Crippen LogP contribution in [-0.2, 0) is 4.79 Å². The van der Waals surface area contributed by atoms with E-state index < -0.39 is 5.60 Å². The predicted octanol–water partition coefficient (Wildman–Crippen LogP) is 1.13. The van der Waals surface area contributed by atoms with Crippen LogP contribution in [0.25, 0.3) is 0 Å². The minimum absolute atomic E-state index is 0.0706. The van der Waals surface area contributed by atoms with Gasteiger partial charge in [-0.3, -0.25) is 4.79 Å². The van der Waals surface area contributed by atoms with E-state index in [4.69, 9.17) is 0 Å². The molecular weight excluding hydrogens is 140 g/mol.